The van der Waals surface area contributed by atoms with E-state index in [2.05, 4.69) is 0 Å². The van der Waals surface area contributed by atoms with Gasteiger partial charge in [-0.25, -0.2) is 8.78 Å². The summed E-state index contributed by atoms with van der Waals surface area (Å²) in [5.74, 6) is -1.75. The van der Waals surface area contributed by atoms with Gasteiger partial charge in [-0.05, 0) is 30.5 Å². The highest BCUT2D eigenvalue weighted by atomic mass is 19.2. The first-order chi connectivity index (χ1) is 8.66. The van der Waals surface area contributed by atoms with Crippen LogP contribution in [0.5, 0.6) is 0 Å². The van der Waals surface area contributed by atoms with Crippen LogP contribution in [-0.2, 0) is 9.47 Å². The maximum atomic E-state index is 13.0. The van der Waals surface area contributed by atoms with E-state index in [4.69, 9.17) is 15.2 Å². The van der Waals surface area contributed by atoms with Crippen molar-refractivity contribution < 1.29 is 18.3 Å². The molecule has 0 aromatic heterocycles. The third kappa shape index (κ3) is 3.48. The van der Waals surface area contributed by atoms with Crippen LogP contribution in [0.2, 0.25) is 0 Å². The Kier molecular flexibility index (Phi) is 4.63. The van der Waals surface area contributed by atoms with Crippen molar-refractivity contribution in [1.82, 2.24) is 0 Å². The highest BCUT2D eigenvalue weighted by Gasteiger charge is 2.16. The van der Waals surface area contributed by atoms with E-state index in [1.807, 2.05) is 0 Å². The van der Waals surface area contributed by atoms with E-state index in [9.17, 15) is 8.78 Å². The summed E-state index contributed by atoms with van der Waals surface area (Å²) >= 11 is 0. The smallest absolute Gasteiger partial charge is 0.159 e. The molecule has 1 atom stereocenters. The topological polar surface area (TPSA) is 44.5 Å². The maximum Gasteiger partial charge on any atom is 0.159 e. The minimum Gasteiger partial charge on any atom is -0.381 e. The highest BCUT2D eigenvalue weighted by molar-refractivity contribution is 5.20. The second-order valence-corrected chi connectivity index (χ2v) is 4.43. The number of hydrogen-bond acceptors (Lipinski definition) is 3. The Bertz CT molecular complexity index is 395. The van der Waals surface area contributed by atoms with Gasteiger partial charge in [-0.3, -0.25) is 0 Å². The molecule has 1 aromatic carbocycles. The van der Waals surface area contributed by atoms with Gasteiger partial charge in [0, 0.05) is 13.2 Å². The van der Waals surface area contributed by atoms with Crippen molar-refractivity contribution in [2.75, 3.05) is 19.8 Å². The van der Waals surface area contributed by atoms with E-state index < -0.39 is 17.7 Å². The standard InChI is InChI=1S/C13H17F2NO2/c14-11-2-1-9(7-12(11)15)13(16)8-18-10-3-5-17-6-4-10/h1-2,7,10,13H,3-6,8,16H2. The molecule has 0 spiro atoms. The summed E-state index contributed by atoms with van der Waals surface area (Å²) in [4.78, 5) is 0. The van der Waals surface area contributed by atoms with Crippen molar-refractivity contribution in [3.05, 3.63) is 35.4 Å². The Hall–Kier alpha value is -1.04. The van der Waals surface area contributed by atoms with E-state index in [1.54, 1.807) is 0 Å². The molecule has 1 unspecified atom stereocenters. The van der Waals surface area contributed by atoms with E-state index in [0.29, 0.717) is 25.4 Å². The maximum absolute atomic E-state index is 13.0. The van der Waals surface area contributed by atoms with Gasteiger partial charge in [0.25, 0.3) is 0 Å². The lowest BCUT2D eigenvalue weighted by Crippen LogP contribution is -2.27. The molecular weight excluding hydrogens is 240 g/mol. The van der Waals surface area contributed by atoms with Crippen molar-refractivity contribution in [3.8, 4) is 0 Å². The second kappa shape index (κ2) is 6.22. The molecule has 0 amide bonds. The molecule has 3 nitrogen and oxygen atoms in total. The summed E-state index contributed by atoms with van der Waals surface area (Å²) in [5, 5.41) is 0. The van der Waals surface area contributed by atoms with Crippen LogP contribution in [0.3, 0.4) is 0 Å². The van der Waals surface area contributed by atoms with Crippen LogP contribution in [0.4, 0.5) is 8.78 Å². The summed E-state index contributed by atoms with van der Waals surface area (Å²) in [6.45, 7) is 1.70. The molecule has 2 rings (SSSR count). The molecule has 18 heavy (non-hydrogen) atoms. The molecule has 2 N–H and O–H groups in total. The lowest BCUT2D eigenvalue weighted by atomic mass is 10.1. The molecule has 1 fully saturated rings. The monoisotopic (exact) mass is 257 g/mol. The molecule has 1 heterocycles. The Balaban J connectivity index is 1.86. The average Bonchev–Trinajstić information content (AvgIpc) is 2.40. The van der Waals surface area contributed by atoms with Crippen LogP contribution in [0.25, 0.3) is 0 Å². The van der Waals surface area contributed by atoms with Gasteiger partial charge >= 0.3 is 0 Å². The van der Waals surface area contributed by atoms with Crippen LogP contribution >= 0.6 is 0 Å². The van der Waals surface area contributed by atoms with Crippen LogP contribution in [0.15, 0.2) is 18.2 Å². The lowest BCUT2D eigenvalue weighted by Gasteiger charge is -2.24. The van der Waals surface area contributed by atoms with Gasteiger partial charge in [0.1, 0.15) is 0 Å². The molecule has 1 aliphatic heterocycles. The zero-order valence-corrected chi connectivity index (χ0v) is 10.1. The fraction of sp³-hybridized carbons (Fsp3) is 0.538. The Morgan fingerprint density at radius 3 is 2.67 bits per heavy atom. The lowest BCUT2D eigenvalue weighted by molar-refractivity contribution is -0.0358. The second-order valence-electron chi connectivity index (χ2n) is 4.43. The number of benzene rings is 1. The molecule has 1 aliphatic rings. The van der Waals surface area contributed by atoms with E-state index in [0.717, 1.165) is 25.0 Å². The minimum atomic E-state index is -0.881. The summed E-state index contributed by atoms with van der Waals surface area (Å²) in [7, 11) is 0. The zero-order valence-electron chi connectivity index (χ0n) is 10.1. The SMILES string of the molecule is NC(COC1CCOCC1)c1ccc(F)c(F)c1. The number of rotatable bonds is 4. The van der Waals surface area contributed by atoms with Crippen LogP contribution in [0, 0.1) is 11.6 Å². The molecule has 0 radical (unpaired) electrons. The molecule has 0 aliphatic carbocycles. The van der Waals surface area contributed by atoms with Crippen LogP contribution in [0.1, 0.15) is 24.4 Å². The average molecular weight is 257 g/mol. The van der Waals surface area contributed by atoms with Crippen molar-refractivity contribution in [1.29, 1.82) is 0 Å². The molecular formula is C13H17F2NO2. The normalized spacial score (nSPS) is 18.8. The van der Waals surface area contributed by atoms with E-state index in [1.165, 1.54) is 6.07 Å². The minimum absolute atomic E-state index is 0.148. The van der Waals surface area contributed by atoms with Crippen LogP contribution < -0.4 is 5.73 Å². The first-order valence-electron chi connectivity index (χ1n) is 6.06. The fourth-order valence-corrected chi connectivity index (χ4v) is 1.92. The van der Waals surface area contributed by atoms with Gasteiger partial charge in [-0.15, -0.1) is 0 Å². The summed E-state index contributed by atoms with van der Waals surface area (Å²) in [6.07, 6.45) is 1.85. The first kappa shape index (κ1) is 13.4. The number of halogens is 2. The molecule has 0 bridgehead atoms. The van der Waals surface area contributed by atoms with Crippen molar-refractivity contribution in [2.45, 2.75) is 25.0 Å². The summed E-state index contributed by atoms with van der Waals surface area (Å²) < 4.78 is 36.7. The number of hydrogen-bond donors (Lipinski definition) is 1. The highest BCUT2D eigenvalue weighted by Crippen LogP contribution is 2.17. The quantitative estimate of drug-likeness (QED) is 0.899. The summed E-state index contributed by atoms with van der Waals surface area (Å²) in [6, 6.07) is 3.24. The number of ether oxygens (including phenoxy) is 2. The van der Waals surface area contributed by atoms with Gasteiger partial charge in [0.2, 0.25) is 0 Å². The van der Waals surface area contributed by atoms with Gasteiger partial charge in [-0.2, -0.15) is 0 Å². The summed E-state index contributed by atoms with van der Waals surface area (Å²) in [5.41, 5.74) is 6.43. The van der Waals surface area contributed by atoms with Gasteiger partial charge in [-0.1, -0.05) is 6.07 Å². The van der Waals surface area contributed by atoms with Gasteiger partial charge < -0.3 is 15.2 Å². The molecule has 1 aromatic rings. The zero-order chi connectivity index (χ0) is 13.0. The molecule has 1 saturated heterocycles. The number of nitrogens with two attached hydrogens (primary N) is 1. The van der Waals surface area contributed by atoms with Crippen molar-refractivity contribution in [3.63, 3.8) is 0 Å². The van der Waals surface area contributed by atoms with Crippen molar-refractivity contribution in [2.24, 2.45) is 5.73 Å². The Morgan fingerprint density at radius 1 is 1.28 bits per heavy atom. The molecule has 100 valence electrons. The van der Waals surface area contributed by atoms with E-state index >= 15 is 0 Å². The third-order valence-corrected chi connectivity index (χ3v) is 3.05. The van der Waals surface area contributed by atoms with Crippen molar-refractivity contribution >= 4 is 0 Å². The third-order valence-electron chi connectivity index (χ3n) is 3.05. The molecule has 0 saturated carbocycles. The predicted molar refractivity (Wildman–Crippen MR) is 63.1 cm³/mol. The largest absolute Gasteiger partial charge is 0.381 e. The fourth-order valence-electron chi connectivity index (χ4n) is 1.92. The Labute approximate surface area is 105 Å². The van der Waals surface area contributed by atoms with Gasteiger partial charge in [0.15, 0.2) is 11.6 Å². The Morgan fingerprint density at radius 2 is 2.00 bits per heavy atom. The van der Waals surface area contributed by atoms with E-state index in [-0.39, 0.29) is 6.10 Å². The predicted octanol–water partition coefficient (Wildman–Crippen LogP) is 2.16. The van der Waals surface area contributed by atoms with Crippen LogP contribution in [-0.4, -0.2) is 25.9 Å². The van der Waals surface area contributed by atoms with Gasteiger partial charge in [0.05, 0.1) is 18.8 Å². The molecule has 5 heteroatoms. The first-order valence-corrected chi connectivity index (χ1v) is 6.06.